The molecule has 1 fully saturated rings. The molecule has 3 aromatic rings. The Kier molecular flexibility index (Phi) is 9.33. The van der Waals surface area contributed by atoms with E-state index in [4.69, 9.17) is 44.9 Å². The smallest absolute Gasteiger partial charge is 0.266 e. The van der Waals surface area contributed by atoms with Gasteiger partial charge in [-0.3, -0.25) is 14.5 Å². The molecule has 0 saturated carbocycles. The SMILES string of the molecule is CCOc1cc(/C=C2\SC(=S)N([C@H](C)c3ccccc3)C2=O)ccc1OCC(=O)Nc1ccc(Cl)cc1Cl. The third-order valence-corrected chi connectivity index (χ3v) is 7.50. The zero-order valence-electron chi connectivity index (χ0n) is 20.6. The van der Waals surface area contributed by atoms with Crippen molar-refractivity contribution in [1.29, 1.82) is 0 Å². The third kappa shape index (κ3) is 6.69. The molecule has 0 unspecified atom stereocenters. The normalized spacial score (nSPS) is 15.1. The number of nitrogens with one attached hydrogen (secondary N) is 1. The number of hydrogen-bond acceptors (Lipinski definition) is 6. The highest BCUT2D eigenvalue weighted by Gasteiger charge is 2.35. The van der Waals surface area contributed by atoms with E-state index < -0.39 is 5.91 Å². The molecule has 1 aliphatic rings. The van der Waals surface area contributed by atoms with Gasteiger partial charge >= 0.3 is 0 Å². The molecule has 38 heavy (non-hydrogen) atoms. The van der Waals surface area contributed by atoms with Crippen molar-refractivity contribution in [1.82, 2.24) is 4.90 Å². The molecule has 4 rings (SSSR count). The predicted molar refractivity (Wildman–Crippen MR) is 158 cm³/mol. The van der Waals surface area contributed by atoms with Gasteiger partial charge < -0.3 is 14.8 Å². The molecule has 0 aliphatic carbocycles. The summed E-state index contributed by atoms with van der Waals surface area (Å²) in [5.41, 5.74) is 2.18. The van der Waals surface area contributed by atoms with Crippen molar-refractivity contribution in [3.05, 3.63) is 92.8 Å². The highest BCUT2D eigenvalue weighted by Crippen LogP contribution is 2.39. The van der Waals surface area contributed by atoms with E-state index in [2.05, 4.69) is 5.32 Å². The second kappa shape index (κ2) is 12.7. The molecular formula is C28H24Cl2N2O4S2. The van der Waals surface area contributed by atoms with Crippen LogP contribution in [0.4, 0.5) is 5.69 Å². The molecule has 0 spiro atoms. The van der Waals surface area contributed by atoms with Crippen molar-refractivity contribution in [2.75, 3.05) is 18.5 Å². The summed E-state index contributed by atoms with van der Waals surface area (Å²) >= 11 is 18.8. The summed E-state index contributed by atoms with van der Waals surface area (Å²) in [6.45, 7) is 3.94. The fourth-order valence-electron chi connectivity index (χ4n) is 3.77. The van der Waals surface area contributed by atoms with Gasteiger partial charge in [0.15, 0.2) is 18.1 Å². The first-order valence-corrected chi connectivity index (χ1v) is 13.7. The molecular weight excluding hydrogens is 563 g/mol. The van der Waals surface area contributed by atoms with E-state index in [1.165, 1.54) is 11.8 Å². The molecule has 0 radical (unpaired) electrons. The van der Waals surface area contributed by atoms with Crippen LogP contribution in [0.3, 0.4) is 0 Å². The highest BCUT2D eigenvalue weighted by atomic mass is 35.5. The number of amides is 2. The molecule has 1 saturated heterocycles. The summed E-state index contributed by atoms with van der Waals surface area (Å²) in [5, 5.41) is 3.49. The monoisotopic (exact) mass is 586 g/mol. The van der Waals surface area contributed by atoms with E-state index in [0.717, 1.165) is 11.1 Å². The molecule has 1 N–H and O–H groups in total. The van der Waals surface area contributed by atoms with Crippen LogP contribution in [0.1, 0.15) is 31.0 Å². The minimum absolute atomic E-state index is 0.146. The summed E-state index contributed by atoms with van der Waals surface area (Å²) in [5.74, 6) is 0.308. The average Bonchev–Trinajstić information content (AvgIpc) is 3.17. The molecule has 1 heterocycles. The maximum Gasteiger partial charge on any atom is 0.266 e. The topological polar surface area (TPSA) is 67.9 Å². The number of benzene rings is 3. The second-order valence-corrected chi connectivity index (χ2v) is 10.8. The standard InChI is InChI=1S/C28H24Cl2N2O4S2/c1-3-35-24-13-18(9-12-23(24)36-16-26(33)31-22-11-10-20(29)15-21(22)30)14-25-27(34)32(28(37)38-25)17(2)19-7-5-4-6-8-19/h4-15,17H,3,16H2,1-2H3,(H,31,33)/b25-14-/t17-/m1/s1. The lowest BCUT2D eigenvalue weighted by molar-refractivity contribution is -0.123. The van der Waals surface area contributed by atoms with E-state index in [0.29, 0.717) is 43.1 Å². The number of ether oxygens (including phenoxy) is 2. The van der Waals surface area contributed by atoms with Crippen molar-refractivity contribution in [2.24, 2.45) is 0 Å². The third-order valence-electron chi connectivity index (χ3n) is 5.62. The number of carbonyl (C=O) groups excluding carboxylic acids is 2. The molecule has 10 heteroatoms. The van der Waals surface area contributed by atoms with Crippen LogP contribution in [0.2, 0.25) is 10.0 Å². The van der Waals surface area contributed by atoms with Crippen molar-refractivity contribution >= 4 is 75.1 Å². The van der Waals surface area contributed by atoms with Gasteiger partial charge in [-0.15, -0.1) is 0 Å². The van der Waals surface area contributed by atoms with Crippen LogP contribution in [0.5, 0.6) is 11.5 Å². The minimum atomic E-state index is -0.392. The Morgan fingerprint density at radius 1 is 1.08 bits per heavy atom. The van der Waals surface area contributed by atoms with Gasteiger partial charge in [-0.05, 0) is 61.4 Å². The van der Waals surface area contributed by atoms with Gasteiger partial charge in [-0.1, -0.05) is 83.6 Å². The number of nitrogens with zero attached hydrogens (tertiary/aromatic N) is 1. The Morgan fingerprint density at radius 2 is 1.84 bits per heavy atom. The van der Waals surface area contributed by atoms with E-state index in [9.17, 15) is 9.59 Å². The Labute approximate surface area is 240 Å². The lowest BCUT2D eigenvalue weighted by Crippen LogP contribution is -2.30. The quantitative estimate of drug-likeness (QED) is 0.208. The first kappa shape index (κ1) is 28.0. The van der Waals surface area contributed by atoms with Crippen LogP contribution in [-0.4, -0.2) is 34.2 Å². The van der Waals surface area contributed by atoms with Crippen molar-refractivity contribution < 1.29 is 19.1 Å². The van der Waals surface area contributed by atoms with Gasteiger partial charge in [0.2, 0.25) is 0 Å². The van der Waals surface area contributed by atoms with Crippen LogP contribution < -0.4 is 14.8 Å². The summed E-state index contributed by atoms with van der Waals surface area (Å²) in [4.78, 5) is 27.8. The maximum atomic E-state index is 13.2. The van der Waals surface area contributed by atoms with Crippen LogP contribution in [0, 0.1) is 0 Å². The number of hydrogen-bond donors (Lipinski definition) is 1. The summed E-state index contributed by atoms with van der Waals surface area (Å²) in [6.07, 6.45) is 1.78. The van der Waals surface area contributed by atoms with Gasteiger partial charge in [0, 0.05) is 5.02 Å². The van der Waals surface area contributed by atoms with E-state index in [-0.39, 0.29) is 18.6 Å². The van der Waals surface area contributed by atoms with E-state index >= 15 is 0 Å². The summed E-state index contributed by atoms with van der Waals surface area (Å²) < 4.78 is 12.0. The zero-order chi connectivity index (χ0) is 27.2. The molecule has 1 aliphatic heterocycles. The maximum absolute atomic E-state index is 13.2. The number of anilines is 1. The van der Waals surface area contributed by atoms with Crippen molar-refractivity contribution in [3.8, 4) is 11.5 Å². The van der Waals surface area contributed by atoms with Gasteiger partial charge in [0.1, 0.15) is 4.32 Å². The molecule has 0 aromatic heterocycles. The van der Waals surface area contributed by atoms with Crippen molar-refractivity contribution in [3.63, 3.8) is 0 Å². The van der Waals surface area contributed by atoms with Crippen LogP contribution >= 0.6 is 47.2 Å². The number of thiocarbonyl (C=S) groups is 1. The van der Waals surface area contributed by atoms with Gasteiger partial charge in [-0.25, -0.2) is 0 Å². The Balaban J connectivity index is 1.46. The van der Waals surface area contributed by atoms with Crippen LogP contribution in [0.15, 0.2) is 71.6 Å². The number of thioether (sulfide) groups is 1. The zero-order valence-corrected chi connectivity index (χ0v) is 23.7. The molecule has 3 aromatic carbocycles. The van der Waals surface area contributed by atoms with Gasteiger partial charge in [0.05, 0.1) is 28.3 Å². The van der Waals surface area contributed by atoms with Gasteiger partial charge in [-0.2, -0.15) is 0 Å². The second-order valence-electron chi connectivity index (χ2n) is 8.24. The minimum Gasteiger partial charge on any atom is -0.490 e. The fourth-order valence-corrected chi connectivity index (χ4v) is 5.64. The Bertz CT molecular complexity index is 1400. The average molecular weight is 588 g/mol. The largest absolute Gasteiger partial charge is 0.490 e. The highest BCUT2D eigenvalue weighted by molar-refractivity contribution is 8.26. The molecule has 2 amide bonds. The number of halogens is 2. The lowest BCUT2D eigenvalue weighted by atomic mass is 10.1. The Morgan fingerprint density at radius 3 is 2.55 bits per heavy atom. The molecule has 1 atom stereocenters. The Hall–Kier alpha value is -3.04. The van der Waals surface area contributed by atoms with E-state index in [1.54, 1.807) is 47.4 Å². The fraction of sp³-hybridized carbons (Fsp3) is 0.179. The molecule has 196 valence electrons. The molecule has 6 nitrogen and oxygen atoms in total. The summed E-state index contributed by atoms with van der Waals surface area (Å²) in [6, 6.07) is 19.6. The predicted octanol–water partition coefficient (Wildman–Crippen LogP) is 7.37. The first-order chi connectivity index (χ1) is 18.3. The first-order valence-electron chi connectivity index (χ1n) is 11.7. The molecule has 0 bridgehead atoms. The van der Waals surface area contributed by atoms with Crippen LogP contribution in [0.25, 0.3) is 6.08 Å². The number of carbonyl (C=O) groups is 2. The number of rotatable bonds is 9. The lowest BCUT2D eigenvalue weighted by Gasteiger charge is -2.23. The van der Waals surface area contributed by atoms with E-state index in [1.807, 2.05) is 44.2 Å². The summed E-state index contributed by atoms with van der Waals surface area (Å²) in [7, 11) is 0. The van der Waals surface area contributed by atoms with Crippen LogP contribution in [-0.2, 0) is 9.59 Å². The van der Waals surface area contributed by atoms with Crippen molar-refractivity contribution in [2.45, 2.75) is 19.9 Å². The van der Waals surface area contributed by atoms with Gasteiger partial charge in [0.25, 0.3) is 11.8 Å².